The predicted octanol–water partition coefficient (Wildman–Crippen LogP) is 3.32. The van der Waals surface area contributed by atoms with Crippen molar-refractivity contribution in [1.82, 2.24) is 5.32 Å². The smallest absolute Gasteiger partial charge is 0.183 e. The molecule has 6 heteroatoms. The lowest BCUT2D eigenvalue weighted by Crippen LogP contribution is -2.12. The number of thioether (sulfide) groups is 1. The number of aliphatic imine (C=N–C) groups is 1. The lowest BCUT2D eigenvalue weighted by Gasteiger charge is -2.04. The zero-order chi connectivity index (χ0) is 12.1. The van der Waals surface area contributed by atoms with Gasteiger partial charge in [-0.2, -0.15) is 5.26 Å². The molecule has 3 nitrogen and oxygen atoms in total. The first-order valence-electron chi connectivity index (χ1n) is 4.32. The van der Waals surface area contributed by atoms with Crippen LogP contribution in [0.15, 0.2) is 21.6 Å². The first-order valence-corrected chi connectivity index (χ1v) is 6.33. The number of aryl methyl sites for hydroxylation is 1. The van der Waals surface area contributed by atoms with Gasteiger partial charge >= 0.3 is 0 Å². The van der Waals surface area contributed by atoms with E-state index in [2.05, 4.69) is 26.2 Å². The fourth-order valence-electron chi connectivity index (χ4n) is 1.04. The largest absolute Gasteiger partial charge is 0.271 e. The molecule has 0 radical (unpaired) electrons. The Labute approximate surface area is 106 Å². The Hall–Kier alpha value is -1.06. The molecule has 0 heterocycles. The van der Waals surface area contributed by atoms with Crippen molar-refractivity contribution in [2.24, 2.45) is 4.99 Å². The number of nitriles is 1. The van der Waals surface area contributed by atoms with Gasteiger partial charge in [-0.05, 0) is 40.7 Å². The second-order valence-corrected chi connectivity index (χ2v) is 4.56. The second kappa shape index (κ2) is 5.87. The summed E-state index contributed by atoms with van der Waals surface area (Å²) >= 11 is 4.39. The average molecular weight is 302 g/mol. The van der Waals surface area contributed by atoms with Gasteiger partial charge in [-0.1, -0.05) is 11.8 Å². The van der Waals surface area contributed by atoms with Crippen molar-refractivity contribution in [3.63, 3.8) is 0 Å². The van der Waals surface area contributed by atoms with Crippen molar-refractivity contribution >= 4 is 38.5 Å². The van der Waals surface area contributed by atoms with Gasteiger partial charge in [0.05, 0.1) is 10.2 Å². The first-order chi connectivity index (χ1) is 7.58. The summed E-state index contributed by atoms with van der Waals surface area (Å²) in [6, 6.07) is 2.98. The molecule has 0 spiro atoms. The molecule has 0 saturated heterocycles. The van der Waals surface area contributed by atoms with E-state index < -0.39 is 0 Å². The average Bonchev–Trinajstić information content (AvgIpc) is 2.25. The van der Waals surface area contributed by atoms with Gasteiger partial charge in [0.1, 0.15) is 5.82 Å². The van der Waals surface area contributed by atoms with Crippen LogP contribution >= 0.6 is 27.7 Å². The van der Waals surface area contributed by atoms with E-state index >= 15 is 0 Å². The molecule has 0 atom stereocenters. The van der Waals surface area contributed by atoms with Crippen LogP contribution in [0.4, 0.5) is 10.1 Å². The minimum Gasteiger partial charge on any atom is -0.271 e. The van der Waals surface area contributed by atoms with E-state index in [-0.39, 0.29) is 5.82 Å². The van der Waals surface area contributed by atoms with Gasteiger partial charge in [-0.3, -0.25) is 5.32 Å². The summed E-state index contributed by atoms with van der Waals surface area (Å²) in [5, 5.41) is 11.3. The first kappa shape index (κ1) is 13.0. The summed E-state index contributed by atoms with van der Waals surface area (Å²) in [4.78, 5) is 4.15. The number of halogens is 2. The molecule has 0 aliphatic rings. The van der Waals surface area contributed by atoms with Gasteiger partial charge < -0.3 is 0 Å². The highest BCUT2D eigenvalue weighted by molar-refractivity contribution is 9.10. The van der Waals surface area contributed by atoms with Crippen LogP contribution in [0.25, 0.3) is 0 Å². The van der Waals surface area contributed by atoms with E-state index in [4.69, 9.17) is 5.26 Å². The Kier molecular flexibility index (Phi) is 4.77. The van der Waals surface area contributed by atoms with E-state index in [0.717, 1.165) is 5.56 Å². The van der Waals surface area contributed by atoms with Crippen molar-refractivity contribution in [2.75, 3.05) is 6.26 Å². The molecule has 0 amide bonds. The van der Waals surface area contributed by atoms with Crippen molar-refractivity contribution < 1.29 is 4.39 Å². The summed E-state index contributed by atoms with van der Waals surface area (Å²) in [5.74, 6) is -0.373. The van der Waals surface area contributed by atoms with Gasteiger partial charge in [0.2, 0.25) is 0 Å². The van der Waals surface area contributed by atoms with Crippen molar-refractivity contribution in [3.8, 4) is 6.19 Å². The molecule has 1 aromatic carbocycles. The van der Waals surface area contributed by atoms with Gasteiger partial charge in [0.25, 0.3) is 0 Å². The summed E-state index contributed by atoms with van der Waals surface area (Å²) in [5.41, 5.74) is 1.34. The van der Waals surface area contributed by atoms with Crippen LogP contribution in [0.5, 0.6) is 0 Å². The number of nitrogens with one attached hydrogen (secondary N) is 1. The Morgan fingerprint density at radius 2 is 2.31 bits per heavy atom. The lowest BCUT2D eigenvalue weighted by atomic mass is 10.2. The number of hydrogen-bond acceptors (Lipinski definition) is 3. The third-order valence-electron chi connectivity index (χ3n) is 1.82. The molecule has 0 bridgehead atoms. The van der Waals surface area contributed by atoms with Crippen molar-refractivity contribution in [2.45, 2.75) is 6.92 Å². The quantitative estimate of drug-likeness (QED) is 0.375. The lowest BCUT2D eigenvalue weighted by molar-refractivity contribution is 0.621. The van der Waals surface area contributed by atoms with Crippen LogP contribution in [-0.2, 0) is 0 Å². The van der Waals surface area contributed by atoms with E-state index in [1.165, 1.54) is 17.8 Å². The Morgan fingerprint density at radius 3 is 2.88 bits per heavy atom. The Bertz CT molecular complexity index is 468. The molecule has 0 fully saturated rings. The summed E-state index contributed by atoms with van der Waals surface area (Å²) < 4.78 is 13.7. The molecule has 0 aliphatic heterocycles. The molecular formula is C10H9BrFN3S. The summed E-state index contributed by atoms with van der Waals surface area (Å²) in [6.07, 6.45) is 3.57. The Morgan fingerprint density at radius 1 is 1.62 bits per heavy atom. The van der Waals surface area contributed by atoms with Crippen molar-refractivity contribution in [1.29, 1.82) is 5.26 Å². The number of hydrogen-bond donors (Lipinski definition) is 1. The standard InChI is InChI=1S/C10H9BrFN3S/c1-6-3-7(11)8(12)4-9(6)15-10(16-2)14-5-13/h3-4H,1-2H3,(H,14,15). The molecule has 1 N–H and O–H groups in total. The molecule has 0 aromatic heterocycles. The van der Waals surface area contributed by atoms with Gasteiger partial charge in [-0.15, -0.1) is 0 Å². The molecule has 1 rings (SSSR count). The van der Waals surface area contributed by atoms with E-state index in [0.29, 0.717) is 15.3 Å². The predicted molar refractivity (Wildman–Crippen MR) is 68.2 cm³/mol. The third-order valence-corrected chi connectivity index (χ3v) is 3.00. The summed E-state index contributed by atoms with van der Waals surface area (Å²) in [7, 11) is 0. The van der Waals surface area contributed by atoms with Crippen LogP contribution in [0, 0.1) is 24.2 Å². The molecule has 0 aliphatic carbocycles. The minimum atomic E-state index is -0.373. The van der Waals surface area contributed by atoms with Crippen LogP contribution < -0.4 is 5.32 Å². The number of benzene rings is 1. The van der Waals surface area contributed by atoms with E-state index in [1.54, 1.807) is 18.5 Å². The fourth-order valence-corrected chi connectivity index (χ4v) is 1.83. The van der Waals surface area contributed by atoms with Crippen LogP contribution in [0.1, 0.15) is 5.56 Å². The van der Waals surface area contributed by atoms with Gasteiger partial charge in [-0.25, -0.2) is 9.38 Å². The molecular weight excluding hydrogens is 293 g/mol. The molecule has 1 aromatic rings. The zero-order valence-corrected chi connectivity index (χ0v) is 11.1. The summed E-state index contributed by atoms with van der Waals surface area (Å²) in [6.45, 7) is 1.83. The molecule has 0 unspecified atom stereocenters. The second-order valence-electron chi connectivity index (χ2n) is 2.91. The van der Waals surface area contributed by atoms with E-state index in [9.17, 15) is 4.39 Å². The van der Waals surface area contributed by atoms with Gasteiger partial charge in [0, 0.05) is 6.07 Å². The maximum atomic E-state index is 13.3. The molecule has 16 heavy (non-hydrogen) atoms. The SMILES string of the molecule is CSC(=Nc1cc(F)c(Br)cc1C)NC#N. The normalized spacial score (nSPS) is 11.1. The topological polar surface area (TPSA) is 48.2 Å². The van der Waals surface area contributed by atoms with Crippen LogP contribution in [0.3, 0.4) is 0 Å². The zero-order valence-electron chi connectivity index (χ0n) is 8.71. The minimum absolute atomic E-state index is 0.373. The highest BCUT2D eigenvalue weighted by Crippen LogP contribution is 2.26. The fraction of sp³-hybridized carbons (Fsp3) is 0.200. The maximum Gasteiger partial charge on any atom is 0.183 e. The van der Waals surface area contributed by atoms with Crippen LogP contribution in [0.2, 0.25) is 0 Å². The number of nitrogens with zero attached hydrogens (tertiary/aromatic N) is 2. The van der Waals surface area contributed by atoms with Crippen molar-refractivity contribution in [3.05, 3.63) is 28.0 Å². The van der Waals surface area contributed by atoms with Crippen LogP contribution in [-0.4, -0.2) is 11.4 Å². The Balaban J connectivity index is 3.14. The molecule has 0 saturated carbocycles. The number of amidine groups is 1. The molecule has 84 valence electrons. The highest BCUT2D eigenvalue weighted by Gasteiger charge is 2.05. The third kappa shape index (κ3) is 3.22. The van der Waals surface area contributed by atoms with Gasteiger partial charge in [0.15, 0.2) is 11.4 Å². The van der Waals surface area contributed by atoms with E-state index in [1.807, 2.05) is 6.92 Å². The highest BCUT2D eigenvalue weighted by atomic mass is 79.9. The number of rotatable bonds is 1. The monoisotopic (exact) mass is 301 g/mol. The maximum absolute atomic E-state index is 13.3.